The zero-order valence-corrected chi connectivity index (χ0v) is 11.4. The van der Waals surface area contributed by atoms with Gasteiger partial charge in [-0.3, -0.25) is 0 Å². The fraction of sp³-hybridized carbons (Fsp3) is 0.769. The van der Waals surface area contributed by atoms with Crippen LogP contribution in [-0.4, -0.2) is 24.1 Å². The summed E-state index contributed by atoms with van der Waals surface area (Å²) in [5, 5.41) is 4.83. The highest BCUT2D eigenvalue weighted by atomic mass is 32.1. The predicted octanol–water partition coefficient (Wildman–Crippen LogP) is 2.69. The van der Waals surface area contributed by atoms with Crippen molar-refractivity contribution in [3.8, 4) is 0 Å². The molecular formula is C13H21N3S. The standard InChI is InChI=1S/C13H21N3S/c1-10-12(9-14-11-5-6-11)17-13(15-10)16-7-3-2-4-8-16/h11,14H,2-9H2,1H3. The van der Waals surface area contributed by atoms with E-state index in [9.17, 15) is 0 Å². The Labute approximate surface area is 107 Å². The molecule has 1 saturated heterocycles. The maximum atomic E-state index is 4.74. The smallest absolute Gasteiger partial charge is 0.185 e. The first-order chi connectivity index (χ1) is 8.33. The summed E-state index contributed by atoms with van der Waals surface area (Å²) in [5.74, 6) is 0. The Balaban J connectivity index is 1.65. The molecule has 1 aromatic rings. The van der Waals surface area contributed by atoms with Crippen molar-refractivity contribution in [2.45, 2.75) is 51.6 Å². The van der Waals surface area contributed by atoms with Crippen molar-refractivity contribution in [1.29, 1.82) is 0 Å². The number of aromatic nitrogens is 1. The van der Waals surface area contributed by atoms with E-state index in [4.69, 9.17) is 4.98 Å². The van der Waals surface area contributed by atoms with Gasteiger partial charge in [0, 0.05) is 30.6 Å². The molecule has 3 rings (SSSR count). The minimum absolute atomic E-state index is 0.787. The molecule has 0 aromatic carbocycles. The summed E-state index contributed by atoms with van der Waals surface area (Å²) >= 11 is 1.89. The van der Waals surface area contributed by atoms with Crippen molar-refractivity contribution < 1.29 is 0 Å². The number of thiazole rings is 1. The van der Waals surface area contributed by atoms with Gasteiger partial charge in [-0.25, -0.2) is 4.98 Å². The summed E-state index contributed by atoms with van der Waals surface area (Å²) in [4.78, 5) is 8.63. The maximum Gasteiger partial charge on any atom is 0.185 e. The Kier molecular flexibility index (Phi) is 3.34. The van der Waals surface area contributed by atoms with Crippen LogP contribution in [0, 0.1) is 6.92 Å². The van der Waals surface area contributed by atoms with Gasteiger partial charge >= 0.3 is 0 Å². The molecule has 0 spiro atoms. The van der Waals surface area contributed by atoms with Crippen LogP contribution in [0.3, 0.4) is 0 Å². The highest BCUT2D eigenvalue weighted by Gasteiger charge is 2.22. The van der Waals surface area contributed by atoms with Crippen LogP contribution < -0.4 is 10.2 Å². The molecule has 1 aromatic heterocycles. The molecule has 1 aliphatic heterocycles. The molecule has 0 atom stereocenters. The number of hydrogen-bond donors (Lipinski definition) is 1. The van der Waals surface area contributed by atoms with Gasteiger partial charge in [0.25, 0.3) is 0 Å². The normalized spacial score (nSPS) is 20.9. The first-order valence-corrected chi connectivity index (χ1v) is 7.59. The second kappa shape index (κ2) is 4.94. The molecule has 4 heteroatoms. The fourth-order valence-electron chi connectivity index (χ4n) is 2.32. The van der Waals surface area contributed by atoms with Crippen molar-refractivity contribution in [3.63, 3.8) is 0 Å². The topological polar surface area (TPSA) is 28.2 Å². The van der Waals surface area contributed by atoms with Gasteiger partial charge in [0.1, 0.15) is 0 Å². The largest absolute Gasteiger partial charge is 0.348 e. The number of rotatable bonds is 4. The van der Waals surface area contributed by atoms with Crippen molar-refractivity contribution in [1.82, 2.24) is 10.3 Å². The highest BCUT2D eigenvalue weighted by Crippen LogP contribution is 2.29. The number of aryl methyl sites for hydroxylation is 1. The molecule has 2 fully saturated rings. The average Bonchev–Trinajstić information content (AvgIpc) is 3.12. The fourth-order valence-corrected chi connectivity index (χ4v) is 3.39. The summed E-state index contributed by atoms with van der Waals surface area (Å²) in [7, 11) is 0. The lowest BCUT2D eigenvalue weighted by atomic mass is 10.1. The minimum atomic E-state index is 0.787. The first kappa shape index (κ1) is 11.5. The van der Waals surface area contributed by atoms with Crippen LogP contribution in [0.1, 0.15) is 42.7 Å². The molecule has 0 bridgehead atoms. The van der Waals surface area contributed by atoms with Gasteiger partial charge in [0.05, 0.1) is 5.69 Å². The number of piperidine rings is 1. The summed E-state index contributed by atoms with van der Waals surface area (Å²) in [6.07, 6.45) is 6.76. The predicted molar refractivity (Wildman–Crippen MR) is 72.8 cm³/mol. The Morgan fingerprint density at radius 3 is 2.76 bits per heavy atom. The molecule has 94 valence electrons. The van der Waals surface area contributed by atoms with Crippen LogP contribution in [0.15, 0.2) is 0 Å². The Morgan fingerprint density at radius 1 is 1.29 bits per heavy atom. The van der Waals surface area contributed by atoms with Crippen LogP contribution in [0.25, 0.3) is 0 Å². The van der Waals surface area contributed by atoms with E-state index in [1.165, 1.54) is 60.9 Å². The second-order valence-corrected chi connectivity index (χ2v) is 6.27. The number of nitrogens with zero attached hydrogens (tertiary/aromatic N) is 2. The lowest BCUT2D eigenvalue weighted by molar-refractivity contribution is 0.576. The summed E-state index contributed by atoms with van der Waals surface area (Å²) in [6, 6.07) is 0.787. The van der Waals surface area contributed by atoms with Crippen molar-refractivity contribution in [3.05, 3.63) is 10.6 Å². The zero-order valence-electron chi connectivity index (χ0n) is 10.5. The van der Waals surface area contributed by atoms with Gasteiger partial charge in [-0.05, 0) is 39.0 Å². The monoisotopic (exact) mass is 251 g/mol. The van der Waals surface area contributed by atoms with E-state index in [1.54, 1.807) is 0 Å². The van der Waals surface area contributed by atoms with Gasteiger partial charge < -0.3 is 10.2 Å². The molecule has 1 saturated carbocycles. The zero-order chi connectivity index (χ0) is 11.7. The molecule has 0 radical (unpaired) electrons. The quantitative estimate of drug-likeness (QED) is 0.892. The third-order valence-corrected chi connectivity index (χ3v) is 4.85. The molecule has 17 heavy (non-hydrogen) atoms. The molecule has 0 amide bonds. The summed E-state index contributed by atoms with van der Waals surface area (Å²) in [6.45, 7) is 5.56. The van der Waals surface area contributed by atoms with E-state index in [0.717, 1.165) is 12.6 Å². The highest BCUT2D eigenvalue weighted by molar-refractivity contribution is 7.15. The molecule has 2 heterocycles. The molecule has 1 aliphatic carbocycles. The molecule has 0 unspecified atom stereocenters. The summed E-state index contributed by atoms with van der Waals surface area (Å²) in [5.41, 5.74) is 1.23. The van der Waals surface area contributed by atoms with Crippen LogP contribution in [0.4, 0.5) is 5.13 Å². The lowest BCUT2D eigenvalue weighted by Crippen LogP contribution is -2.29. The Hall–Kier alpha value is -0.610. The van der Waals surface area contributed by atoms with Crippen LogP contribution in [0.5, 0.6) is 0 Å². The molecule has 1 N–H and O–H groups in total. The molecule has 2 aliphatic rings. The third-order valence-electron chi connectivity index (χ3n) is 3.64. The Morgan fingerprint density at radius 2 is 2.06 bits per heavy atom. The van der Waals surface area contributed by atoms with Gasteiger partial charge in [-0.15, -0.1) is 11.3 Å². The van der Waals surface area contributed by atoms with E-state index in [1.807, 2.05) is 11.3 Å². The second-order valence-electron chi connectivity index (χ2n) is 5.21. The third kappa shape index (κ3) is 2.80. The number of anilines is 1. The Bertz CT molecular complexity index is 378. The molecular weight excluding hydrogens is 230 g/mol. The van der Waals surface area contributed by atoms with E-state index < -0.39 is 0 Å². The van der Waals surface area contributed by atoms with Crippen LogP contribution in [-0.2, 0) is 6.54 Å². The van der Waals surface area contributed by atoms with Gasteiger partial charge in [0.15, 0.2) is 5.13 Å². The van der Waals surface area contributed by atoms with Crippen molar-refractivity contribution in [2.24, 2.45) is 0 Å². The van der Waals surface area contributed by atoms with E-state index >= 15 is 0 Å². The lowest BCUT2D eigenvalue weighted by Gasteiger charge is -2.25. The number of nitrogens with one attached hydrogen (secondary N) is 1. The van der Waals surface area contributed by atoms with Crippen LogP contribution in [0.2, 0.25) is 0 Å². The van der Waals surface area contributed by atoms with Crippen molar-refractivity contribution in [2.75, 3.05) is 18.0 Å². The maximum absolute atomic E-state index is 4.74. The van der Waals surface area contributed by atoms with Crippen LogP contribution >= 0.6 is 11.3 Å². The van der Waals surface area contributed by atoms with Gasteiger partial charge in [-0.1, -0.05) is 0 Å². The molecule has 3 nitrogen and oxygen atoms in total. The van der Waals surface area contributed by atoms with Crippen molar-refractivity contribution >= 4 is 16.5 Å². The van der Waals surface area contributed by atoms with Gasteiger partial charge in [0.2, 0.25) is 0 Å². The number of hydrogen-bond acceptors (Lipinski definition) is 4. The SMILES string of the molecule is Cc1nc(N2CCCCC2)sc1CNC1CC1. The summed E-state index contributed by atoms with van der Waals surface area (Å²) < 4.78 is 0. The first-order valence-electron chi connectivity index (χ1n) is 6.77. The van der Waals surface area contributed by atoms with E-state index in [2.05, 4.69) is 17.1 Å². The van der Waals surface area contributed by atoms with Gasteiger partial charge in [-0.2, -0.15) is 0 Å². The average molecular weight is 251 g/mol. The minimum Gasteiger partial charge on any atom is -0.348 e. The van der Waals surface area contributed by atoms with E-state index in [-0.39, 0.29) is 0 Å². The van der Waals surface area contributed by atoms with E-state index in [0.29, 0.717) is 0 Å².